The molecule has 1 aliphatic heterocycles. The van der Waals surface area contributed by atoms with Crippen LogP contribution in [0.2, 0.25) is 5.02 Å². The molecule has 6 heteroatoms. The van der Waals surface area contributed by atoms with Gasteiger partial charge in [-0.05, 0) is 42.8 Å². The molecule has 2 N–H and O–H groups in total. The number of pyridine rings is 1. The van der Waals surface area contributed by atoms with Crippen molar-refractivity contribution in [1.82, 2.24) is 9.88 Å². The smallest absolute Gasteiger partial charge is 0.239 e. The van der Waals surface area contributed by atoms with Gasteiger partial charge in [0, 0.05) is 48.5 Å². The number of piperazine rings is 1. The lowest BCUT2D eigenvalue weighted by Crippen LogP contribution is -2.50. The van der Waals surface area contributed by atoms with Crippen LogP contribution < -0.4 is 10.6 Å². The standard InChI is InChI=1S/C22H23ClN4O/c1-15-2-7-19-18(14-15)20(8-9-25-19)26-10-12-27(13-11-26)21(22(24)28)16-3-5-17(23)6-4-16/h2-9,14,21H,10-13H2,1H3,(H2,24,28). The van der Waals surface area contributed by atoms with Crippen LogP contribution in [-0.4, -0.2) is 42.0 Å². The van der Waals surface area contributed by atoms with Crippen molar-refractivity contribution in [2.45, 2.75) is 13.0 Å². The number of nitrogens with zero attached hydrogens (tertiary/aromatic N) is 3. The van der Waals surface area contributed by atoms with Gasteiger partial charge in [0.1, 0.15) is 6.04 Å². The molecule has 0 radical (unpaired) electrons. The number of hydrogen-bond donors (Lipinski definition) is 1. The fraction of sp³-hybridized carbons (Fsp3) is 0.273. The highest BCUT2D eigenvalue weighted by atomic mass is 35.5. The van der Waals surface area contributed by atoms with Crippen LogP contribution in [-0.2, 0) is 4.79 Å². The third-order valence-electron chi connectivity index (χ3n) is 5.35. The highest BCUT2D eigenvalue weighted by Crippen LogP contribution is 2.29. The van der Waals surface area contributed by atoms with Gasteiger partial charge in [0.15, 0.2) is 0 Å². The predicted molar refractivity (Wildman–Crippen MR) is 114 cm³/mol. The second-order valence-electron chi connectivity index (χ2n) is 7.23. The Balaban J connectivity index is 1.55. The molecule has 1 atom stereocenters. The Bertz CT molecular complexity index is 997. The summed E-state index contributed by atoms with van der Waals surface area (Å²) in [5.74, 6) is -0.333. The average molecular weight is 395 g/mol. The van der Waals surface area contributed by atoms with Gasteiger partial charge in [0.05, 0.1) is 5.52 Å². The van der Waals surface area contributed by atoms with E-state index in [1.54, 1.807) is 12.1 Å². The Morgan fingerprint density at radius 1 is 1.07 bits per heavy atom. The van der Waals surface area contributed by atoms with Gasteiger partial charge >= 0.3 is 0 Å². The molecule has 0 spiro atoms. The maximum Gasteiger partial charge on any atom is 0.239 e. The lowest BCUT2D eigenvalue weighted by molar-refractivity contribution is -0.123. The molecule has 5 nitrogen and oxygen atoms in total. The van der Waals surface area contributed by atoms with E-state index in [-0.39, 0.29) is 5.91 Å². The summed E-state index contributed by atoms with van der Waals surface area (Å²) in [7, 11) is 0. The zero-order chi connectivity index (χ0) is 19.7. The zero-order valence-electron chi connectivity index (χ0n) is 15.8. The van der Waals surface area contributed by atoms with Crippen molar-refractivity contribution in [1.29, 1.82) is 0 Å². The van der Waals surface area contributed by atoms with Crippen molar-refractivity contribution in [3.63, 3.8) is 0 Å². The Kier molecular flexibility index (Phi) is 5.20. The molecule has 2 aromatic carbocycles. The van der Waals surface area contributed by atoms with Crippen molar-refractivity contribution < 1.29 is 4.79 Å². The Hall–Kier alpha value is -2.63. The van der Waals surface area contributed by atoms with E-state index >= 15 is 0 Å². The molecular formula is C22H23ClN4O. The van der Waals surface area contributed by atoms with Crippen LogP contribution in [0, 0.1) is 6.92 Å². The first-order chi connectivity index (χ1) is 13.5. The number of benzene rings is 2. The van der Waals surface area contributed by atoms with Gasteiger partial charge in [0.2, 0.25) is 5.91 Å². The maximum atomic E-state index is 12.2. The fourth-order valence-electron chi connectivity index (χ4n) is 3.94. The second kappa shape index (κ2) is 7.78. The molecule has 1 aromatic heterocycles. The topological polar surface area (TPSA) is 62.5 Å². The fourth-order valence-corrected chi connectivity index (χ4v) is 4.07. The second-order valence-corrected chi connectivity index (χ2v) is 7.67. The van der Waals surface area contributed by atoms with Gasteiger partial charge in [-0.25, -0.2) is 0 Å². The first kappa shape index (κ1) is 18.7. The number of halogens is 1. The Labute approximate surface area is 169 Å². The van der Waals surface area contributed by atoms with E-state index in [9.17, 15) is 4.79 Å². The van der Waals surface area contributed by atoms with E-state index in [0.717, 1.165) is 37.3 Å². The highest BCUT2D eigenvalue weighted by molar-refractivity contribution is 6.30. The molecule has 144 valence electrons. The zero-order valence-corrected chi connectivity index (χ0v) is 16.6. The van der Waals surface area contributed by atoms with Gasteiger partial charge in [-0.1, -0.05) is 35.4 Å². The summed E-state index contributed by atoms with van der Waals surface area (Å²) in [4.78, 5) is 21.2. The monoisotopic (exact) mass is 394 g/mol. The number of amides is 1. The van der Waals surface area contributed by atoms with E-state index in [1.165, 1.54) is 16.6 Å². The summed E-state index contributed by atoms with van der Waals surface area (Å²) >= 11 is 5.99. The summed E-state index contributed by atoms with van der Waals surface area (Å²) in [6.45, 7) is 5.25. The van der Waals surface area contributed by atoms with Crippen LogP contribution in [0.15, 0.2) is 54.7 Å². The van der Waals surface area contributed by atoms with Crippen molar-refractivity contribution in [2.75, 3.05) is 31.1 Å². The van der Waals surface area contributed by atoms with Crippen LogP contribution in [0.3, 0.4) is 0 Å². The molecule has 3 aromatic rings. The van der Waals surface area contributed by atoms with Crippen molar-refractivity contribution in [3.05, 3.63) is 70.9 Å². The number of aromatic nitrogens is 1. The minimum atomic E-state index is -0.434. The third-order valence-corrected chi connectivity index (χ3v) is 5.60. The molecule has 1 fully saturated rings. The number of carbonyl (C=O) groups excluding carboxylic acids is 1. The minimum Gasteiger partial charge on any atom is -0.368 e. The molecule has 28 heavy (non-hydrogen) atoms. The summed E-state index contributed by atoms with van der Waals surface area (Å²) in [6, 6.07) is 15.3. The minimum absolute atomic E-state index is 0.333. The van der Waals surface area contributed by atoms with Gasteiger partial charge in [-0.15, -0.1) is 0 Å². The molecule has 1 aliphatic rings. The first-order valence-corrected chi connectivity index (χ1v) is 9.80. The molecule has 2 heterocycles. The van der Waals surface area contributed by atoms with Crippen LogP contribution >= 0.6 is 11.6 Å². The summed E-state index contributed by atoms with van der Waals surface area (Å²) in [5, 5.41) is 1.82. The van der Waals surface area contributed by atoms with Crippen molar-refractivity contribution in [2.24, 2.45) is 5.73 Å². The van der Waals surface area contributed by atoms with Gasteiger partial charge < -0.3 is 10.6 Å². The molecule has 1 saturated heterocycles. The molecule has 0 bridgehead atoms. The lowest BCUT2D eigenvalue weighted by atomic mass is 10.0. The molecule has 4 rings (SSSR count). The quantitative estimate of drug-likeness (QED) is 0.735. The lowest BCUT2D eigenvalue weighted by Gasteiger charge is -2.39. The Morgan fingerprint density at radius 2 is 1.79 bits per heavy atom. The highest BCUT2D eigenvalue weighted by Gasteiger charge is 2.29. The summed E-state index contributed by atoms with van der Waals surface area (Å²) < 4.78 is 0. The number of rotatable bonds is 4. The SMILES string of the molecule is Cc1ccc2nccc(N3CCN(C(C(N)=O)c4ccc(Cl)cc4)CC3)c2c1. The number of primary amides is 1. The number of fused-ring (bicyclic) bond motifs is 1. The normalized spacial score (nSPS) is 16.3. The molecule has 0 saturated carbocycles. The van der Waals surface area contributed by atoms with Crippen molar-refractivity contribution >= 4 is 34.1 Å². The van der Waals surface area contributed by atoms with Crippen LogP contribution in [0.25, 0.3) is 10.9 Å². The third kappa shape index (κ3) is 3.68. The van der Waals surface area contributed by atoms with Crippen LogP contribution in [0.4, 0.5) is 5.69 Å². The van der Waals surface area contributed by atoms with E-state index in [1.807, 2.05) is 18.3 Å². The number of nitrogens with two attached hydrogens (primary N) is 1. The Morgan fingerprint density at radius 3 is 2.46 bits per heavy atom. The summed E-state index contributed by atoms with van der Waals surface area (Å²) in [5.41, 5.74) is 10.0. The number of carbonyl (C=O) groups is 1. The number of aryl methyl sites for hydroxylation is 1. The van der Waals surface area contributed by atoms with E-state index in [0.29, 0.717) is 5.02 Å². The number of anilines is 1. The van der Waals surface area contributed by atoms with E-state index in [2.05, 4.69) is 46.0 Å². The molecule has 1 amide bonds. The van der Waals surface area contributed by atoms with Crippen LogP contribution in [0.5, 0.6) is 0 Å². The van der Waals surface area contributed by atoms with Gasteiger partial charge in [-0.2, -0.15) is 0 Å². The molecular weight excluding hydrogens is 372 g/mol. The molecule has 0 aliphatic carbocycles. The van der Waals surface area contributed by atoms with Crippen molar-refractivity contribution in [3.8, 4) is 0 Å². The molecule has 1 unspecified atom stereocenters. The predicted octanol–water partition coefficient (Wildman–Crippen LogP) is 3.55. The first-order valence-electron chi connectivity index (χ1n) is 9.42. The number of hydrogen-bond acceptors (Lipinski definition) is 4. The van der Waals surface area contributed by atoms with Gasteiger partial charge in [0.25, 0.3) is 0 Å². The summed E-state index contributed by atoms with van der Waals surface area (Å²) in [6.07, 6.45) is 1.86. The van der Waals surface area contributed by atoms with E-state index < -0.39 is 6.04 Å². The van der Waals surface area contributed by atoms with E-state index in [4.69, 9.17) is 17.3 Å². The van der Waals surface area contributed by atoms with Crippen LogP contribution in [0.1, 0.15) is 17.2 Å². The maximum absolute atomic E-state index is 12.2. The average Bonchev–Trinajstić information content (AvgIpc) is 2.69. The largest absolute Gasteiger partial charge is 0.368 e. The van der Waals surface area contributed by atoms with Gasteiger partial charge in [-0.3, -0.25) is 14.7 Å².